The van der Waals surface area contributed by atoms with E-state index in [1.807, 2.05) is 18.2 Å². The van der Waals surface area contributed by atoms with Crippen molar-refractivity contribution >= 4 is 29.3 Å². The molecule has 2 amide bonds. The number of nitrogens with one attached hydrogen (secondary N) is 1. The Morgan fingerprint density at radius 1 is 1.37 bits per heavy atom. The molecule has 0 aromatic carbocycles. The van der Waals surface area contributed by atoms with E-state index in [-0.39, 0.29) is 11.4 Å². The van der Waals surface area contributed by atoms with Gasteiger partial charge in [-0.3, -0.25) is 4.98 Å². The van der Waals surface area contributed by atoms with Crippen LogP contribution < -0.4 is 5.32 Å². The predicted octanol–water partition coefficient (Wildman–Crippen LogP) is 6.89. The average Bonchev–Trinajstić information content (AvgIpc) is 3.19. The Morgan fingerprint density at radius 3 is 2.74 bits per heavy atom. The SMILES string of the molecule is C=Cc1nc(C)oc1-c1cnc(C2=CCN(C(=O)NC3=CC(C)C(C(C)(C)C)C=C3)CC2)c(Cl)c1. The van der Waals surface area contributed by atoms with Gasteiger partial charge in [-0.2, -0.15) is 0 Å². The molecule has 1 aliphatic carbocycles. The second-order valence-corrected chi connectivity index (χ2v) is 10.7. The zero-order valence-corrected chi connectivity index (χ0v) is 21.8. The Balaban J connectivity index is 1.41. The minimum absolute atomic E-state index is 0.0929. The lowest BCUT2D eigenvalue weighted by Gasteiger charge is -2.34. The fourth-order valence-corrected chi connectivity index (χ4v) is 5.13. The van der Waals surface area contributed by atoms with Crippen LogP contribution in [0.25, 0.3) is 23.0 Å². The summed E-state index contributed by atoms with van der Waals surface area (Å²) in [4.78, 5) is 23.6. The van der Waals surface area contributed by atoms with E-state index < -0.39 is 0 Å². The zero-order chi connectivity index (χ0) is 25.3. The summed E-state index contributed by atoms with van der Waals surface area (Å²) >= 11 is 6.60. The fraction of sp³-hybridized carbons (Fsp3) is 0.393. The number of amides is 2. The van der Waals surface area contributed by atoms with Gasteiger partial charge in [-0.15, -0.1) is 0 Å². The summed E-state index contributed by atoms with van der Waals surface area (Å²) in [5, 5.41) is 3.60. The highest BCUT2D eigenvalue weighted by Crippen LogP contribution is 2.37. The van der Waals surface area contributed by atoms with Gasteiger partial charge in [0.15, 0.2) is 11.7 Å². The van der Waals surface area contributed by atoms with Gasteiger partial charge in [-0.05, 0) is 47.5 Å². The highest BCUT2D eigenvalue weighted by atomic mass is 35.5. The number of pyridine rings is 1. The highest BCUT2D eigenvalue weighted by Gasteiger charge is 2.29. The fourth-order valence-electron chi connectivity index (χ4n) is 4.84. The summed E-state index contributed by atoms with van der Waals surface area (Å²) in [6.45, 7) is 15.6. The third kappa shape index (κ3) is 5.43. The molecule has 6 nitrogen and oxygen atoms in total. The summed E-state index contributed by atoms with van der Waals surface area (Å²) in [6, 6.07) is 1.75. The lowest BCUT2D eigenvalue weighted by molar-refractivity contribution is 0.205. The second-order valence-electron chi connectivity index (χ2n) is 10.3. The van der Waals surface area contributed by atoms with Crippen LogP contribution in [0.2, 0.25) is 5.02 Å². The number of rotatable bonds is 4. The number of aromatic nitrogens is 2. The maximum Gasteiger partial charge on any atom is 0.322 e. The maximum atomic E-state index is 12.9. The molecule has 1 N–H and O–H groups in total. The van der Waals surface area contributed by atoms with Crippen molar-refractivity contribution in [3.05, 3.63) is 71.1 Å². The summed E-state index contributed by atoms with van der Waals surface area (Å²) in [6.07, 6.45) is 12.5. The first-order valence-corrected chi connectivity index (χ1v) is 12.4. The Bertz CT molecular complexity index is 1230. The first kappa shape index (κ1) is 25.0. The van der Waals surface area contributed by atoms with E-state index in [0.29, 0.717) is 53.7 Å². The molecule has 3 heterocycles. The van der Waals surface area contributed by atoms with Gasteiger partial charge in [-0.25, -0.2) is 9.78 Å². The third-order valence-electron chi connectivity index (χ3n) is 6.60. The lowest BCUT2D eigenvalue weighted by atomic mass is 9.72. The van der Waals surface area contributed by atoms with Crippen molar-refractivity contribution in [3.8, 4) is 11.3 Å². The average molecular weight is 493 g/mol. The van der Waals surface area contributed by atoms with E-state index in [0.717, 1.165) is 22.5 Å². The molecular formula is C28H33ClN4O2. The van der Waals surface area contributed by atoms with Crippen LogP contribution in [0, 0.1) is 24.2 Å². The van der Waals surface area contributed by atoms with Crippen molar-refractivity contribution in [3.63, 3.8) is 0 Å². The molecule has 0 radical (unpaired) electrons. The second kappa shape index (κ2) is 9.86. The van der Waals surface area contributed by atoms with Gasteiger partial charge in [0.1, 0.15) is 5.69 Å². The van der Waals surface area contributed by atoms with E-state index in [1.54, 1.807) is 24.1 Å². The number of carbonyl (C=O) groups is 1. The largest absolute Gasteiger partial charge is 0.440 e. The topological polar surface area (TPSA) is 71.3 Å². The van der Waals surface area contributed by atoms with E-state index >= 15 is 0 Å². The number of aryl methyl sites for hydroxylation is 1. The monoisotopic (exact) mass is 492 g/mol. The Morgan fingerprint density at radius 2 is 2.14 bits per heavy atom. The molecule has 184 valence electrons. The van der Waals surface area contributed by atoms with Crippen LogP contribution in [-0.4, -0.2) is 34.0 Å². The van der Waals surface area contributed by atoms with Crippen molar-refractivity contribution in [2.24, 2.45) is 17.3 Å². The Labute approximate surface area is 212 Å². The standard InChI is InChI=1S/C28H33ClN4O2/c1-7-24-26(35-18(3)31-24)20-15-23(29)25(30-16-20)19-10-12-33(13-11-19)27(34)32-21-8-9-22(17(2)14-21)28(4,5)6/h7-10,14-17,22H,1,11-13H2,2-6H3,(H,32,34). The van der Waals surface area contributed by atoms with Crippen LogP contribution >= 0.6 is 11.6 Å². The normalized spacial score (nSPS) is 20.3. The molecule has 7 heteroatoms. The van der Waals surface area contributed by atoms with Crippen molar-refractivity contribution in [1.29, 1.82) is 0 Å². The third-order valence-corrected chi connectivity index (χ3v) is 6.89. The van der Waals surface area contributed by atoms with Gasteiger partial charge in [0, 0.05) is 37.5 Å². The lowest BCUT2D eigenvalue weighted by Crippen LogP contribution is -2.42. The molecule has 1 aliphatic heterocycles. The number of oxazole rings is 1. The number of carbonyl (C=O) groups excluding carboxylic acids is 1. The number of hydrogen-bond acceptors (Lipinski definition) is 4. The molecule has 0 saturated heterocycles. The Kier molecular flexibility index (Phi) is 7.04. The van der Waals surface area contributed by atoms with E-state index in [4.69, 9.17) is 16.0 Å². The van der Waals surface area contributed by atoms with Gasteiger partial charge in [0.25, 0.3) is 0 Å². The van der Waals surface area contributed by atoms with Crippen molar-refractivity contribution in [1.82, 2.24) is 20.2 Å². The number of halogens is 1. The van der Waals surface area contributed by atoms with Crippen LogP contribution in [0.5, 0.6) is 0 Å². The van der Waals surface area contributed by atoms with Gasteiger partial charge in [-0.1, -0.05) is 64.1 Å². The summed E-state index contributed by atoms with van der Waals surface area (Å²) in [5.41, 5.74) is 4.22. The van der Waals surface area contributed by atoms with Crippen molar-refractivity contribution in [2.75, 3.05) is 13.1 Å². The molecule has 2 aromatic rings. The molecule has 35 heavy (non-hydrogen) atoms. The smallest absolute Gasteiger partial charge is 0.322 e. The molecule has 0 spiro atoms. The zero-order valence-electron chi connectivity index (χ0n) is 21.1. The first-order valence-electron chi connectivity index (χ1n) is 12.0. The number of nitrogens with zero attached hydrogens (tertiary/aromatic N) is 3. The van der Waals surface area contributed by atoms with Gasteiger partial charge >= 0.3 is 6.03 Å². The molecule has 2 unspecified atom stereocenters. The van der Waals surface area contributed by atoms with E-state index in [2.05, 4.69) is 61.7 Å². The minimum atomic E-state index is -0.0929. The highest BCUT2D eigenvalue weighted by molar-refractivity contribution is 6.32. The van der Waals surface area contributed by atoms with E-state index in [9.17, 15) is 4.79 Å². The molecule has 0 saturated carbocycles. The van der Waals surface area contributed by atoms with Crippen LogP contribution in [0.1, 0.15) is 51.4 Å². The predicted molar refractivity (Wildman–Crippen MR) is 142 cm³/mol. The maximum absolute atomic E-state index is 12.9. The van der Waals surface area contributed by atoms with Crippen LogP contribution in [0.3, 0.4) is 0 Å². The first-order chi connectivity index (χ1) is 16.6. The van der Waals surface area contributed by atoms with Crippen molar-refractivity contribution in [2.45, 2.75) is 41.0 Å². The van der Waals surface area contributed by atoms with E-state index in [1.165, 1.54) is 0 Å². The molecule has 0 fully saturated rings. The van der Waals surface area contributed by atoms with Crippen LogP contribution in [0.15, 0.2) is 53.3 Å². The molecule has 0 bridgehead atoms. The van der Waals surface area contributed by atoms with Crippen LogP contribution in [-0.2, 0) is 0 Å². The van der Waals surface area contributed by atoms with Gasteiger partial charge in [0.05, 0.1) is 10.7 Å². The summed E-state index contributed by atoms with van der Waals surface area (Å²) in [5.74, 6) is 1.98. The molecular weight excluding hydrogens is 460 g/mol. The summed E-state index contributed by atoms with van der Waals surface area (Å²) < 4.78 is 5.71. The number of allylic oxidation sites excluding steroid dienone is 3. The number of hydrogen-bond donors (Lipinski definition) is 1. The molecule has 2 aliphatic rings. The minimum Gasteiger partial charge on any atom is -0.440 e. The molecule has 2 atom stereocenters. The quantitative estimate of drug-likeness (QED) is 0.504. The number of urea groups is 1. The molecule has 2 aromatic heterocycles. The van der Waals surface area contributed by atoms with Crippen molar-refractivity contribution < 1.29 is 9.21 Å². The van der Waals surface area contributed by atoms with Gasteiger partial charge < -0.3 is 14.6 Å². The molecule has 4 rings (SSSR count). The van der Waals surface area contributed by atoms with Gasteiger partial charge in [0.2, 0.25) is 0 Å². The summed E-state index contributed by atoms with van der Waals surface area (Å²) in [7, 11) is 0. The Hall–Kier alpha value is -3.12. The van der Waals surface area contributed by atoms with Crippen LogP contribution in [0.4, 0.5) is 4.79 Å².